The number of fused-ring (bicyclic) bond motifs is 1. The molecule has 4 rings (SSSR count). The Morgan fingerprint density at radius 1 is 1.25 bits per heavy atom. The van der Waals surface area contributed by atoms with E-state index in [1.807, 2.05) is 0 Å². The van der Waals surface area contributed by atoms with Crippen LogP contribution in [0.4, 0.5) is 0 Å². The molecule has 0 amide bonds. The normalized spacial score (nSPS) is 58.3. The molecule has 1 spiro atoms. The largest absolute Gasteiger partial charge is 0.456 e. The molecule has 2 heterocycles. The Balaban J connectivity index is 1.78. The first-order valence-corrected chi connectivity index (χ1v) is 6.55. The predicted octanol–water partition coefficient (Wildman–Crippen LogP) is 2.04. The molecular formula is C13H18O3. The highest BCUT2D eigenvalue weighted by atomic mass is 16.7. The second-order valence-corrected chi connectivity index (χ2v) is 6.21. The molecule has 3 heteroatoms. The first-order valence-electron chi connectivity index (χ1n) is 6.55. The molecule has 0 aromatic rings. The Labute approximate surface area is 95.5 Å². The van der Waals surface area contributed by atoms with Gasteiger partial charge < -0.3 is 9.47 Å². The van der Waals surface area contributed by atoms with Crippen LogP contribution in [0.1, 0.15) is 45.4 Å². The highest BCUT2D eigenvalue weighted by Crippen LogP contribution is 2.64. The van der Waals surface area contributed by atoms with Crippen LogP contribution < -0.4 is 0 Å². The fourth-order valence-electron chi connectivity index (χ4n) is 4.57. The Morgan fingerprint density at radius 2 is 2.06 bits per heavy atom. The van der Waals surface area contributed by atoms with Crippen molar-refractivity contribution in [2.75, 3.05) is 0 Å². The predicted molar refractivity (Wildman–Crippen MR) is 56.8 cm³/mol. The maximum atomic E-state index is 11.6. The molecule has 0 N–H and O–H groups in total. The third-order valence-corrected chi connectivity index (χ3v) is 5.37. The highest BCUT2D eigenvalue weighted by Gasteiger charge is 2.74. The van der Waals surface area contributed by atoms with Crippen LogP contribution in [0.3, 0.4) is 0 Å². The van der Waals surface area contributed by atoms with Crippen molar-refractivity contribution in [1.82, 2.24) is 0 Å². The van der Waals surface area contributed by atoms with E-state index in [4.69, 9.17) is 9.47 Å². The summed E-state index contributed by atoms with van der Waals surface area (Å²) in [5.74, 6) is 1.01. The maximum absolute atomic E-state index is 11.6. The molecule has 0 aromatic carbocycles. The number of epoxide rings is 1. The van der Waals surface area contributed by atoms with Crippen molar-refractivity contribution in [3.8, 4) is 0 Å². The van der Waals surface area contributed by atoms with Gasteiger partial charge in [-0.25, -0.2) is 0 Å². The summed E-state index contributed by atoms with van der Waals surface area (Å²) in [6.07, 6.45) is 6.79. The van der Waals surface area contributed by atoms with Gasteiger partial charge in [-0.05, 0) is 32.6 Å². The summed E-state index contributed by atoms with van der Waals surface area (Å²) in [5, 5.41) is 0. The standard InChI is InChI=1S/C13H18O3/c1-12-6-5-8-3-2-4-9-7-10(14)15-13(8,9)11(12)16-12/h8-9,11H,2-7H2,1H3/t8-,9+,11-,12-,13-/m1/s1. The molecule has 2 aliphatic heterocycles. The van der Waals surface area contributed by atoms with Gasteiger partial charge in [-0.3, -0.25) is 4.79 Å². The number of rotatable bonds is 0. The highest BCUT2D eigenvalue weighted by molar-refractivity contribution is 5.73. The molecule has 2 saturated heterocycles. The lowest BCUT2D eigenvalue weighted by atomic mass is 9.60. The molecular weight excluding hydrogens is 204 g/mol. The maximum Gasteiger partial charge on any atom is 0.306 e. The van der Waals surface area contributed by atoms with E-state index in [0.29, 0.717) is 18.3 Å². The zero-order valence-corrected chi connectivity index (χ0v) is 9.70. The summed E-state index contributed by atoms with van der Waals surface area (Å²) in [6, 6.07) is 0. The second kappa shape index (κ2) is 2.63. The third kappa shape index (κ3) is 0.922. The van der Waals surface area contributed by atoms with Crippen molar-refractivity contribution < 1.29 is 14.3 Å². The van der Waals surface area contributed by atoms with Gasteiger partial charge in [0.25, 0.3) is 0 Å². The zero-order chi connectivity index (χ0) is 11.0. The smallest absolute Gasteiger partial charge is 0.306 e. The summed E-state index contributed by atoms with van der Waals surface area (Å²) >= 11 is 0. The van der Waals surface area contributed by atoms with Crippen molar-refractivity contribution in [3.05, 3.63) is 0 Å². The average molecular weight is 222 g/mol. The van der Waals surface area contributed by atoms with Crippen LogP contribution >= 0.6 is 0 Å². The molecule has 2 aliphatic carbocycles. The monoisotopic (exact) mass is 222 g/mol. The van der Waals surface area contributed by atoms with E-state index in [2.05, 4.69) is 6.92 Å². The summed E-state index contributed by atoms with van der Waals surface area (Å²) in [4.78, 5) is 11.6. The Morgan fingerprint density at radius 3 is 2.94 bits per heavy atom. The van der Waals surface area contributed by atoms with E-state index >= 15 is 0 Å². The molecule has 0 bridgehead atoms. The number of hydrogen-bond acceptors (Lipinski definition) is 3. The van der Waals surface area contributed by atoms with Gasteiger partial charge in [0.1, 0.15) is 11.7 Å². The lowest BCUT2D eigenvalue weighted by Crippen LogP contribution is -2.55. The van der Waals surface area contributed by atoms with Crippen LogP contribution in [0.5, 0.6) is 0 Å². The van der Waals surface area contributed by atoms with Crippen molar-refractivity contribution in [3.63, 3.8) is 0 Å². The van der Waals surface area contributed by atoms with E-state index in [9.17, 15) is 4.79 Å². The third-order valence-electron chi connectivity index (χ3n) is 5.37. The van der Waals surface area contributed by atoms with Gasteiger partial charge in [-0.1, -0.05) is 6.42 Å². The van der Waals surface area contributed by atoms with Crippen LogP contribution in [0.2, 0.25) is 0 Å². The van der Waals surface area contributed by atoms with Gasteiger partial charge in [0.05, 0.1) is 12.0 Å². The minimum Gasteiger partial charge on any atom is -0.456 e. The quantitative estimate of drug-likeness (QED) is 0.465. The number of esters is 1. The van der Waals surface area contributed by atoms with Gasteiger partial charge in [0.15, 0.2) is 0 Å². The minimum atomic E-state index is -0.220. The van der Waals surface area contributed by atoms with Crippen molar-refractivity contribution >= 4 is 5.97 Å². The molecule has 16 heavy (non-hydrogen) atoms. The summed E-state index contributed by atoms with van der Waals surface area (Å²) in [7, 11) is 0. The fraction of sp³-hybridized carbons (Fsp3) is 0.923. The summed E-state index contributed by atoms with van der Waals surface area (Å²) in [5.41, 5.74) is -0.195. The van der Waals surface area contributed by atoms with Gasteiger partial charge >= 0.3 is 5.97 Å². The molecule has 5 atom stereocenters. The van der Waals surface area contributed by atoms with Gasteiger partial charge in [-0.15, -0.1) is 0 Å². The van der Waals surface area contributed by atoms with Gasteiger partial charge in [-0.2, -0.15) is 0 Å². The van der Waals surface area contributed by atoms with Gasteiger partial charge in [0.2, 0.25) is 0 Å². The van der Waals surface area contributed by atoms with E-state index in [1.54, 1.807) is 0 Å². The lowest BCUT2D eigenvalue weighted by molar-refractivity contribution is -0.163. The Bertz CT molecular complexity index is 360. The molecule has 3 nitrogen and oxygen atoms in total. The van der Waals surface area contributed by atoms with Crippen LogP contribution in [0.15, 0.2) is 0 Å². The number of carbonyl (C=O) groups excluding carboxylic acids is 1. The lowest BCUT2D eigenvalue weighted by Gasteiger charge is -2.46. The van der Waals surface area contributed by atoms with Crippen molar-refractivity contribution in [1.29, 1.82) is 0 Å². The number of carbonyl (C=O) groups is 1. The van der Waals surface area contributed by atoms with Crippen molar-refractivity contribution in [2.45, 2.75) is 62.8 Å². The number of hydrogen-bond donors (Lipinski definition) is 0. The molecule has 0 radical (unpaired) electrons. The Kier molecular flexibility index (Phi) is 1.56. The SMILES string of the molecule is C[C@@]12CC[C@H]3CCC[C@H]4CC(=O)O[C@]34[C@@H]1O2. The fourth-order valence-corrected chi connectivity index (χ4v) is 4.57. The topological polar surface area (TPSA) is 38.8 Å². The van der Waals surface area contributed by atoms with E-state index in [1.165, 1.54) is 19.3 Å². The Hall–Kier alpha value is -0.570. The second-order valence-electron chi connectivity index (χ2n) is 6.21. The van der Waals surface area contributed by atoms with Crippen LogP contribution in [-0.2, 0) is 14.3 Å². The average Bonchev–Trinajstić information content (AvgIpc) is 2.82. The van der Waals surface area contributed by atoms with E-state index in [-0.39, 0.29) is 23.3 Å². The van der Waals surface area contributed by atoms with Crippen LogP contribution in [0, 0.1) is 11.8 Å². The first kappa shape index (κ1) is 9.46. The molecule has 88 valence electrons. The molecule has 0 aromatic heterocycles. The zero-order valence-electron chi connectivity index (χ0n) is 9.70. The number of ether oxygens (including phenoxy) is 2. The molecule has 4 aliphatic rings. The minimum absolute atomic E-state index is 0.0108. The molecule has 4 fully saturated rings. The first-order chi connectivity index (χ1) is 7.65. The summed E-state index contributed by atoms with van der Waals surface area (Å²) < 4.78 is 11.7. The summed E-state index contributed by atoms with van der Waals surface area (Å²) in [6.45, 7) is 2.18. The van der Waals surface area contributed by atoms with Crippen molar-refractivity contribution in [2.24, 2.45) is 11.8 Å². The van der Waals surface area contributed by atoms with E-state index in [0.717, 1.165) is 12.8 Å². The van der Waals surface area contributed by atoms with E-state index < -0.39 is 0 Å². The van der Waals surface area contributed by atoms with Gasteiger partial charge in [0, 0.05) is 11.8 Å². The molecule has 2 saturated carbocycles. The van der Waals surface area contributed by atoms with Crippen LogP contribution in [-0.4, -0.2) is 23.3 Å². The molecule has 0 unspecified atom stereocenters. The van der Waals surface area contributed by atoms with Crippen LogP contribution in [0.25, 0.3) is 0 Å².